The van der Waals surface area contributed by atoms with Gasteiger partial charge in [-0.25, -0.2) is 4.39 Å². The van der Waals surface area contributed by atoms with E-state index in [1.54, 1.807) is 36.2 Å². The highest BCUT2D eigenvalue weighted by Gasteiger charge is 2.22. The number of likely N-dealkylation sites (N-methyl/N-ethyl adjacent to an activating group) is 1. The molecule has 0 aliphatic carbocycles. The van der Waals surface area contributed by atoms with E-state index in [0.717, 1.165) is 5.56 Å². The third kappa shape index (κ3) is 6.36. The second-order valence-electron chi connectivity index (χ2n) is 5.53. The molecule has 5 heteroatoms. The number of hydrogen-bond donors (Lipinski definition) is 1. The first kappa shape index (κ1) is 19.6. The summed E-state index contributed by atoms with van der Waals surface area (Å²) in [5.74, 6) is -0.494. The normalized spacial score (nSPS) is 11.4. The van der Waals surface area contributed by atoms with E-state index >= 15 is 0 Å². The average Bonchev–Trinajstić information content (AvgIpc) is 2.59. The second-order valence-corrected chi connectivity index (χ2v) is 5.53. The largest absolute Gasteiger partial charge is 0.354 e. The minimum atomic E-state index is -0.351. The van der Waals surface area contributed by atoms with Gasteiger partial charge in [0, 0.05) is 26.4 Å². The lowest BCUT2D eigenvalue weighted by Crippen LogP contribution is -2.39. The van der Waals surface area contributed by atoms with E-state index in [1.165, 1.54) is 12.1 Å². The van der Waals surface area contributed by atoms with E-state index in [2.05, 4.69) is 18.5 Å². The van der Waals surface area contributed by atoms with Crippen LogP contribution in [0.5, 0.6) is 0 Å². The van der Waals surface area contributed by atoms with Gasteiger partial charge in [0.05, 0.1) is 6.04 Å². The summed E-state index contributed by atoms with van der Waals surface area (Å²) in [7, 11) is 1.69. The summed E-state index contributed by atoms with van der Waals surface area (Å²) < 4.78 is 13.2. The molecule has 0 unspecified atom stereocenters. The van der Waals surface area contributed by atoms with Gasteiger partial charge in [-0.3, -0.25) is 9.59 Å². The zero-order valence-corrected chi connectivity index (χ0v) is 14.1. The molecule has 0 fully saturated rings. The summed E-state index contributed by atoms with van der Waals surface area (Å²) in [6.07, 6.45) is 5.26. The van der Waals surface area contributed by atoms with Gasteiger partial charge in [-0.2, -0.15) is 0 Å². The van der Waals surface area contributed by atoms with Crippen molar-refractivity contribution in [2.45, 2.75) is 31.7 Å². The molecule has 0 heterocycles. The zero-order chi connectivity index (χ0) is 17.9. The van der Waals surface area contributed by atoms with Gasteiger partial charge in [-0.1, -0.05) is 24.3 Å². The Hall–Kier alpha value is -2.43. The van der Waals surface area contributed by atoms with Crippen LogP contribution >= 0.6 is 0 Å². The van der Waals surface area contributed by atoms with Crippen LogP contribution in [0.3, 0.4) is 0 Å². The number of halogens is 1. The van der Waals surface area contributed by atoms with E-state index in [9.17, 15) is 14.0 Å². The third-order valence-corrected chi connectivity index (χ3v) is 3.75. The maximum absolute atomic E-state index is 13.2. The summed E-state index contributed by atoms with van der Waals surface area (Å²) in [5.41, 5.74) is 0.773. The molecule has 0 aliphatic heterocycles. The first-order valence-electron chi connectivity index (χ1n) is 7.99. The SMILES string of the molecule is C=CCCC(=O)NC[C@H](c1ccc(F)cc1)N(C)C(=O)CCC=C. The van der Waals surface area contributed by atoms with Crippen LogP contribution in [0.2, 0.25) is 0 Å². The monoisotopic (exact) mass is 332 g/mol. The van der Waals surface area contributed by atoms with Crippen molar-refractivity contribution in [3.8, 4) is 0 Å². The fourth-order valence-corrected chi connectivity index (χ4v) is 2.27. The Bertz CT molecular complexity index is 569. The molecule has 0 spiro atoms. The van der Waals surface area contributed by atoms with Gasteiger partial charge in [0.25, 0.3) is 0 Å². The molecule has 0 aliphatic rings. The number of benzene rings is 1. The van der Waals surface area contributed by atoms with Crippen LogP contribution in [-0.2, 0) is 9.59 Å². The van der Waals surface area contributed by atoms with Crippen LogP contribution in [0.1, 0.15) is 37.3 Å². The molecule has 0 aromatic heterocycles. The molecule has 0 saturated carbocycles. The smallest absolute Gasteiger partial charge is 0.223 e. The highest BCUT2D eigenvalue weighted by atomic mass is 19.1. The maximum atomic E-state index is 13.2. The molecule has 1 aromatic carbocycles. The number of carbonyl (C=O) groups excluding carboxylic acids is 2. The summed E-state index contributed by atoms with van der Waals surface area (Å²) in [5, 5.41) is 2.83. The lowest BCUT2D eigenvalue weighted by molar-refractivity contribution is -0.132. The summed E-state index contributed by atoms with van der Waals surface area (Å²) in [4.78, 5) is 25.7. The first-order valence-corrected chi connectivity index (χ1v) is 7.99. The highest BCUT2D eigenvalue weighted by Crippen LogP contribution is 2.20. The van der Waals surface area contributed by atoms with Crippen LogP contribution in [-0.4, -0.2) is 30.3 Å². The highest BCUT2D eigenvalue weighted by molar-refractivity contribution is 5.77. The molecule has 24 heavy (non-hydrogen) atoms. The molecule has 1 atom stereocenters. The third-order valence-electron chi connectivity index (χ3n) is 3.75. The Morgan fingerprint density at radius 1 is 1.17 bits per heavy atom. The van der Waals surface area contributed by atoms with Crippen molar-refractivity contribution in [2.75, 3.05) is 13.6 Å². The van der Waals surface area contributed by atoms with Crippen LogP contribution < -0.4 is 5.32 Å². The Morgan fingerprint density at radius 3 is 2.33 bits per heavy atom. The van der Waals surface area contributed by atoms with Crippen LogP contribution in [0, 0.1) is 5.82 Å². The molecular weight excluding hydrogens is 307 g/mol. The first-order chi connectivity index (χ1) is 11.5. The standard InChI is InChI=1S/C19H25FN2O2/c1-4-6-8-18(23)21-14-17(15-10-12-16(20)13-11-15)22(3)19(24)9-7-5-2/h4-5,10-13,17H,1-2,6-9,14H2,3H3,(H,21,23)/t17-/m1/s1. The van der Waals surface area contributed by atoms with Gasteiger partial charge in [-0.15, -0.1) is 13.2 Å². The Kier molecular flexibility index (Phi) is 8.47. The van der Waals surface area contributed by atoms with Gasteiger partial charge in [0.1, 0.15) is 5.82 Å². The molecule has 0 saturated heterocycles. The second kappa shape index (κ2) is 10.4. The van der Waals surface area contributed by atoms with Crippen LogP contribution in [0.15, 0.2) is 49.6 Å². The number of amides is 2. The summed E-state index contributed by atoms with van der Waals surface area (Å²) in [6, 6.07) is 5.62. The maximum Gasteiger partial charge on any atom is 0.223 e. The van der Waals surface area contributed by atoms with Crippen molar-refractivity contribution >= 4 is 11.8 Å². The molecule has 2 amide bonds. The van der Waals surface area contributed by atoms with Gasteiger partial charge >= 0.3 is 0 Å². The molecule has 1 N–H and O–H groups in total. The number of hydrogen-bond acceptors (Lipinski definition) is 2. The molecule has 0 bridgehead atoms. The number of nitrogens with zero attached hydrogens (tertiary/aromatic N) is 1. The van der Waals surface area contributed by atoms with Crippen molar-refractivity contribution in [3.05, 3.63) is 61.0 Å². The number of allylic oxidation sites excluding steroid dienone is 2. The van der Waals surface area contributed by atoms with Crippen molar-refractivity contribution in [1.82, 2.24) is 10.2 Å². The Balaban J connectivity index is 2.84. The summed E-state index contributed by atoms with van der Waals surface area (Å²) in [6.45, 7) is 7.48. The lowest BCUT2D eigenvalue weighted by Gasteiger charge is -2.29. The van der Waals surface area contributed by atoms with Crippen molar-refractivity contribution in [3.63, 3.8) is 0 Å². The predicted molar refractivity (Wildman–Crippen MR) is 93.8 cm³/mol. The van der Waals surface area contributed by atoms with Crippen LogP contribution in [0.25, 0.3) is 0 Å². The summed E-state index contributed by atoms with van der Waals surface area (Å²) >= 11 is 0. The van der Waals surface area contributed by atoms with Gasteiger partial charge in [0.15, 0.2) is 0 Å². The van der Waals surface area contributed by atoms with Crippen molar-refractivity contribution in [1.29, 1.82) is 0 Å². The van der Waals surface area contributed by atoms with E-state index in [-0.39, 0.29) is 30.2 Å². The van der Waals surface area contributed by atoms with Crippen LogP contribution in [0.4, 0.5) is 4.39 Å². The Morgan fingerprint density at radius 2 is 1.75 bits per heavy atom. The molecule has 4 nitrogen and oxygen atoms in total. The number of carbonyl (C=O) groups is 2. The molecule has 0 radical (unpaired) electrons. The minimum Gasteiger partial charge on any atom is -0.354 e. The molecule has 130 valence electrons. The fourth-order valence-electron chi connectivity index (χ4n) is 2.27. The van der Waals surface area contributed by atoms with Gasteiger partial charge in [-0.05, 0) is 30.5 Å². The minimum absolute atomic E-state index is 0.0513. The van der Waals surface area contributed by atoms with Gasteiger partial charge < -0.3 is 10.2 Å². The topological polar surface area (TPSA) is 49.4 Å². The van der Waals surface area contributed by atoms with Crippen molar-refractivity contribution < 1.29 is 14.0 Å². The van der Waals surface area contributed by atoms with Crippen molar-refractivity contribution in [2.24, 2.45) is 0 Å². The van der Waals surface area contributed by atoms with Gasteiger partial charge in [0.2, 0.25) is 11.8 Å². The molecule has 1 rings (SSSR count). The van der Waals surface area contributed by atoms with E-state index in [4.69, 9.17) is 0 Å². The van der Waals surface area contributed by atoms with E-state index < -0.39 is 0 Å². The number of rotatable bonds is 10. The van der Waals surface area contributed by atoms with E-state index in [0.29, 0.717) is 25.7 Å². The fraction of sp³-hybridized carbons (Fsp3) is 0.368. The molecule has 1 aromatic rings. The average molecular weight is 332 g/mol. The quantitative estimate of drug-likeness (QED) is 0.668. The zero-order valence-electron chi connectivity index (χ0n) is 14.1. The predicted octanol–water partition coefficient (Wildman–Crippen LogP) is 3.37. The Labute approximate surface area is 143 Å². The molecular formula is C19H25FN2O2. The number of nitrogens with one attached hydrogen (secondary N) is 1. The van der Waals surface area contributed by atoms with E-state index in [1.807, 2.05) is 0 Å². The lowest BCUT2D eigenvalue weighted by atomic mass is 10.0.